The third-order valence-corrected chi connectivity index (χ3v) is 3.63. The molecule has 1 saturated carbocycles. The van der Waals surface area contributed by atoms with Gasteiger partial charge in [0, 0.05) is 24.8 Å². The molecule has 1 aliphatic rings. The number of carboxylic acids is 1. The lowest BCUT2D eigenvalue weighted by molar-refractivity contribution is -0.137. The Morgan fingerprint density at radius 2 is 2.15 bits per heavy atom. The number of nitrogens with zero attached hydrogens (tertiary/aromatic N) is 2. The van der Waals surface area contributed by atoms with E-state index in [1.807, 2.05) is 18.4 Å². The SMILES string of the molecule is CC(C)N(CCC(=O)O)C(=O)c1cc(Cl)cn1C1CC1. The molecule has 1 aromatic rings. The Kier molecular flexibility index (Phi) is 4.38. The van der Waals surface area contributed by atoms with Gasteiger partial charge in [-0.1, -0.05) is 11.6 Å². The Morgan fingerprint density at radius 3 is 2.65 bits per heavy atom. The lowest BCUT2D eigenvalue weighted by atomic mass is 10.2. The fourth-order valence-corrected chi connectivity index (χ4v) is 2.44. The van der Waals surface area contributed by atoms with Crippen LogP contribution in [-0.4, -0.2) is 39.0 Å². The molecule has 0 saturated heterocycles. The van der Waals surface area contributed by atoms with Crippen molar-refractivity contribution in [3.63, 3.8) is 0 Å². The molecule has 0 unspecified atom stereocenters. The topological polar surface area (TPSA) is 62.5 Å². The lowest BCUT2D eigenvalue weighted by Gasteiger charge is -2.26. The molecular formula is C14H19ClN2O3. The van der Waals surface area contributed by atoms with Crippen molar-refractivity contribution in [2.75, 3.05) is 6.54 Å². The molecule has 0 radical (unpaired) electrons. The summed E-state index contributed by atoms with van der Waals surface area (Å²) in [6.07, 6.45) is 3.84. The highest BCUT2D eigenvalue weighted by molar-refractivity contribution is 6.31. The average molecular weight is 299 g/mol. The van der Waals surface area contributed by atoms with Gasteiger partial charge in [0.15, 0.2) is 0 Å². The maximum atomic E-state index is 12.6. The number of aromatic nitrogens is 1. The molecule has 20 heavy (non-hydrogen) atoms. The van der Waals surface area contributed by atoms with E-state index in [1.54, 1.807) is 17.2 Å². The van der Waals surface area contributed by atoms with Crippen LogP contribution in [0, 0.1) is 0 Å². The molecule has 1 heterocycles. The van der Waals surface area contributed by atoms with E-state index in [1.165, 1.54) is 0 Å². The Balaban J connectivity index is 2.20. The molecule has 1 fully saturated rings. The van der Waals surface area contributed by atoms with Crippen LogP contribution in [0.25, 0.3) is 0 Å². The second-order valence-electron chi connectivity index (χ2n) is 5.42. The summed E-state index contributed by atoms with van der Waals surface area (Å²) in [5.41, 5.74) is 0.552. The van der Waals surface area contributed by atoms with Gasteiger partial charge in [-0.25, -0.2) is 0 Å². The minimum Gasteiger partial charge on any atom is -0.481 e. The number of carboxylic acid groups (broad SMARTS) is 1. The second-order valence-corrected chi connectivity index (χ2v) is 5.85. The summed E-state index contributed by atoms with van der Waals surface area (Å²) in [4.78, 5) is 24.9. The quantitative estimate of drug-likeness (QED) is 0.878. The Morgan fingerprint density at radius 1 is 1.50 bits per heavy atom. The van der Waals surface area contributed by atoms with E-state index in [0.717, 1.165) is 12.8 Å². The van der Waals surface area contributed by atoms with E-state index in [4.69, 9.17) is 16.7 Å². The van der Waals surface area contributed by atoms with Gasteiger partial charge in [-0.05, 0) is 32.8 Å². The van der Waals surface area contributed by atoms with Crippen LogP contribution in [0.5, 0.6) is 0 Å². The normalized spacial score (nSPS) is 14.6. The van der Waals surface area contributed by atoms with Gasteiger partial charge in [-0.2, -0.15) is 0 Å². The van der Waals surface area contributed by atoms with Gasteiger partial charge in [0.05, 0.1) is 11.4 Å². The highest BCUT2D eigenvalue weighted by Crippen LogP contribution is 2.37. The van der Waals surface area contributed by atoms with Crippen LogP contribution in [-0.2, 0) is 4.79 Å². The van der Waals surface area contributed by atoms with Gasteiger partial charge in [0.2, 0.25) is 0 Å². The molecule has 0 bridgehead atoms. The summed E-state index contributed by atoms with van der Waals surface area (Å²) in [6.45, 7) is 3.97. The molecule has 0 spiro atoms. The highest BCUT2D eigenvalue weighted by atomic mass is 35.5. The van der Waals surface area contributed by atoms with Crippen LogP contribution in [0.15, 0.2) is 12.3 Å². The van der Waals surface area contributed by atoms with Crippen LogP contribution >= 0.6 is 11.6 Å². The van der Waals surface area contributed by atoms with Crippen LogP contribution < -0.4 is 0 Å². The van der Waals surface area contributed by atoms with Crippen molar-refractivity contribution in [1.29, 1.82) is 0 Å². The van der Waals surface area contributed by atoms with E-state index >= 15 is 0 Å². The van der Waals surface area contributed by atoms with Crippen molar-refractivity contribution in [2.45, 2.75) is 45.2 Å². The minimum atomic E-state index is -0.904. The summed E-state index contributed by atoms with van der Waals surface area (Å²) < 4.78 is 1.92. The van der Waals surface area contributed by atoms with Gasteiger partial charge >= 0.3 is 5.97 Å². The summed E-state index contributed by atoms with van der Waals surface area (Å²) >= 11 is 6.01. The molecule has 1 aromatic heterocycles. The van der Waals surface area contributed by atoms with Gasteiger partial charge in [-0.3, -0.25) is 9.59 Å². The minimum absolute atomic E-state index is 0.0526. The predicted octanol–water partition coefficient (Wildman–Crippen LogP) is 2.80. The van der Waals surface area contributed by atoms with E-state index in [0.29, 0.717) is 16.8 Å². The summed E-state index contributed by atoms with van der Waals surface area (Å²) in [5, 5.41) is 9.33. The number of aliphatic carboxylic acids is 1. The summed E-state index contributed by atoms with van der Waals surface area (Å²) in [5.74, 6) is -1.06. The van der Waals surface area contributed by atoms with Gasteiger partial charge in [0.25, 0.3) is 5.91 Å². The van der Waals surface area contributed by atoms with Crippen LogP contribution in [0.1, 0.15) is 49.6 Å². The number of halogens is 1. The Labute approximate surface area is 123 Å². The molecule has 2 rings (SSSR count). The summed E-state index contributed by atoms with van der Waals surface area (Å²) in [7, 11) is 0. The smallest absolute Gasteiger partial charge is 0.305 e. The zero-order valence-electron chi connectivity index (χ0n) is 11.7. The monoisotopic (exact) mass is 298 g/mol. The van der Waals surface area contributed by atoms with Crippen molar-refractivity contribution >= 4 is 23.5 Å². The van der Waals surface area contributed by atoms with Crippen LogP contribution in [0.3, 0.4) is 0 Å². The van der Waals surface area contributed by atoms with Crippen LogP contribution in [0.4, 0.5) is 0 Å². The first kappa shape index (κ1) is 14.9. The number of carbonyl (C=O) groups excluding carboxylic acids is 1. The van der Waals surface area contributed by atoms with Crippen molar-refractivity contribution in [3.8, 4) is 0 Å². The molecule has 0 atom stereocenters. The first-order valence-corrected chi connectivity index (χ1v) is 7.18. The Bertz CT molecular complexity index is 520. The summed E-state index contributed by atoms with van der Waals surface area (Å²) in [6, 6.07) is 1.97. The zero-order chi connectivity index (χ0) is 14.9. The third-order valence-electron chi connectivity index (χ3n) is 3.43. The molecule has 1 N–H and O–H groups in total. The zero-order valence-corrected chi connectivity index (χ0v) is 12.4. The maximum Gasteiger partial charge on any atom is 0.305 e. The van der Waals surface area contributed by atoms with E-state index in [2.05, 4.69) is 0 Å². The molecule has 110 valence electrons. The average Bonchev–Trinajstić information content (AvgIpc) is 3.11. The first-order chi connectivity index (χ1) is 9.40. The third kappa shape index (κ3) is 3.33. The highest BCUT2D eigenvalue weighted by Gasteiger charge is 2.30. The first-order valence-electron chi connectivity index (χ1n) is 6.80. The number of amides is 1. The van der Waals surface area contributed by atoms with Crippen LogP contribution in [0.2, 0.25) is 5.02 Å². The lowest BCUT2D eigenvalue weighted by Crippen LogP contribution is -2.39. The van der Waals surface area contributed by atoms with Crippen molar-refractivity contribution < 1.29 is 14.7 Å². The Hall–Kier alpha value is -1.49. The van der Waals surface area contributed by atoms with Gasteiger partial charge < -0.3 is 14.6 Å². The second kappa shape index (κ2) is 5.87. The standard InChI is InChI=1S/C14H19ClN2O3/c1-9(2)16(6-5-13(18)19)14(20)12-7-10(15)8-17(12)11-3-4-11/h7-9,11H,3-6H2,1-2H3,(H,18,19). The molecule has 0 aromatic carbocycles. The molecule has 6 heteroatoms. The van der Waals surface area contributed by atoms with Gasteiger partial charge in [0.1, 0.15) is 5.69 Å². The number of hydrogen-bond donors (Lipinski definition) is 1. The number of hydrogen-bond acceptors (Lipinski definition) is 2. The van der Waals surface area contributed by atoms with Gasteiger partial charge in [-0.15, -0.1) is 0 Å². The molecule has 1 amide bonds. The largest absolute Gasteiger partial charge is 0.481 e. The van der Waals surface area contributed by atoms with E-state index in [9.17, 15) is 9.59 Å². The number of carbonyl (C=O) groups is 2. The molecule has 5 nitrogen and oxygen atoms in total. The maximum absolute atomic E-state index is 12.6. The fourth-order valence-electron chi connectivity index (χ4n) is 2.23. The molecule has 1 aliphatic carbocycles. The molecular weight excluding hydrogens is 280 g/mol. The predicted molar refractivity (Wildman–Crippen MR) is 76.1 cm³/mol. The van der Waals surface area contributed by atoms with Crippen molar-refractivity contribution in [3.05, 3.63) is 23.0 Å². The molecule has 0 aliphatic heterocycles. The van der Waals surface area contributed by atoms with Crippen molar-refractivity contribution in [1.82, 2.24) is 9.47 Å². The van der Waals surface area contributed by atoms with E-state index < -0.39 is 5.97 Å². The van der Waals surface area contributed by atoms with Crippen molar-refractivity contribution in [2.24, 2.45) is 0 Å². The number of rotatable bonds is 6. The fraction of sp³-hybridized carbons (Fsp3) is 0.571. The van der Waals surface area contributed by atoms with E-state index in [-0.39, 0.29) is 24.9 Å².